The quantitative estimate of drug-likeness (QED) is 0.143. The van der Waals surface area contributed by atoms with Crippen LogP contribution in [0.4, 0.5) is 43.9 Å². The minimum Gasteiger partial charge on any atom is -0.462 e. The number of quaternary nitrogens is 1. The van der Waals surface area contributed by atoms with E-state index in [4.69, 9.17) is 4.74 Å². The van der Waals surface area contributed by atoms with Crippen molar-refractivity contribution in [2.24, 2.45) is 0 Å². The molecule has 0 saturated carbocycles. The number of alkyl halides is 10. The maximum Gasteiger partial charge on any atom is 0.467 e. The van der Waals surface area contributed by atoms with Crippen LogP contribution in [0.1, 0.15) is 6.42 Å². The molecule has 0 aromatic carbocycles. The topological polar surface area (TPSA) is 109 Å². The molecule has 0 rings (SSSR count). The Hall–Kier alpha value is -1.67. The molecule has 0 aliphatic rings. The fraction of sp³-hybridized carbons (Fsp3) is 0.769. The molecule has 0 spiro atoms. The largest absolute Gasteiger partial charge is 0.467 e. The van der Waals surface area contributed by atoms with Crippen LogP contribution in [0.5, 0.6) is 0 Å². The van der Waals surface area contributed by atoms with E-state index < -0.39 is 42.9 Å². The molecular weight excluding hydrogens is 534 g/mol. The van der Waals surface area contributed by atoms with Crippen molar-refractivity contribution in [3.05, 3.63) is 16.8 Å². The second-order valence-electron chi connectivity index (χ2n) is 6.79. The lowest BCUT2D eigenvalue weighted by molar-refractivity contribution is -0.870. The summed E-state index contributed by atoms with van der Waals surface area (Å²) in [4.78, 5) is 10.6. The second-order valence-corrected chi connectivity index (χ2v) is 10.3. The molecule has 0 aliphatic heterocycles. The van der Waals surface area contributed by atoms with Crippen LogP contribution in [0.3, 0.4) is 0 Å². The molecule has 0 N–H and O–H groups in total. The zero-order chi connectivity index (χ0) is 27.3. The van der Waals surface area contributed by atoms with Gasteiger partial charge in [-0.25, -0.2) is 21.6 Å². The molecule has 0 unspecified atom stereocenters. The lowest BCUT2D eigenvalue weighted by atomic mass is 10.4. The number of carbonyl (C=O) groups excluding carboxylic acids is 1. The first-order chi connectivity index (χ1) is 14.2. The van der Waals surface area contributed by atoms with Gasteiger partial charge in [0.05, 0.1) is 34.3 Å². The summed E-state index contributed by atoms with van der Waals surface area (Å²) in [5.74, 6) is -0.337. The van der Waals surface area contributed by atoms with E-state index in [1.165, 1.54) is 6.08 Å². The van der Waals surface area contributed by atoms with Gasteiger partial charge in [-0.2, -0.15) is 43.9 Å². The van der Waals surface area contributed by atoms with E-state index in [0.29, 0.717) is 10.7 Å². The summed E-state index contributed by atoms with van der Waals surface area (Å²) < 4.78 is 167. The van der Waals surface area contributed by atoms with Crippen LogP contribution in [-0.2, 0) is 29.6 Å². The monoisotopic (exact) mass is 552 g/mol. The molecule has 0 aliphatic carbocycles. The van der Waals surface area contributed by atoms with Gasteiger partial charge in [-0.15, -0.1) is 0 Å². The van der Waals surface area contributed by atoms with Crippen LogP contribution < -0.4 is 0 Å². The van der Waals surface area contributed by atoms with Gasteiger partial charge in [0.2, 0.25) is 0 Å². The third kappa shape index (κ3) is 9.61. The molecule has 0 saturated heterocycles. The molecule has 0 fully saturated rings. The average Bonchev–Trinajstić information content (AvgIpc) is 2.55. The molecular formula is C13H18F10N2O6S2. The summed E-state index contributed by atoms with van der Waals surface area (Å²) in [6.45, 7) is 4.80. The second kappa shape index (κ2) is 10.7. The summed E-state index contributed by atoms with van der Waals surface area (Å²) in [6.07, 6.45) is -11.9. The molecule has 20 heteroatoms. The zero-order valence-corrected chi connectivity index (χ0v) is 18.5. The maximum atomic E-state index is 12.3. The van der Waals surface area contributed by atoms with Gasteiger partial charge in [0.1, 0.15) is 0 Å². The molecule has 0 radical (unpaired) electrons. The summed E-state index contributed by atoms with van der Waals surface area (Å²) in [5.41, 5.74) is 0. The van der Waals surface area contributed by atoms with E-state index in [1.807, 2.05) is 0 Å². The lowest BCUT2D eigenvalue weighted by Gasteiger charge is -2.31. The normalized spacial score (nSPS) is 14.2. The minimum atomic E-state index is -7.62. The van der Waals surface area contributed by atoms with Gasteiger partial charge >= 0.3 is 28.8 Å². The molecule has 0 atom stereocenters. The van der Waals surface area contributed by atoms with Crippen molar-refractivity contribution in [2.45, 2.75) is 29.3 Å². The number of halogens is 10. The van der Waals surface area contributed by atoms with Crippen LogP contribution in [0.2, 0.25) is 0 Å². The van der Waals surface area contributed by atoms with Gasteiger partial charge in [-0.3, -0.25) is 0 Å². The van der Waals surface area contributed by atoms with Gasteiger partial charge in [-0.1, -0.05) is 6.58 Å². The summed E-state index contributed by atoms with van der Waals surface area (Å²) >= 11 is 0. The van der Waals surface area contributed by atoms with Gasteiger partial charge in [0.15, 0.2) is 20.0 Å². The van der Waals surface area contributed by atoms with Crippen molar-refractivity contribution in [3.63, 3.8) is 0 Å². The smallest absolute Gasteiger partial charge is 0.462 e. The van der Waals surface area contributed by atoms with Gasteiger partial charge in [0, 0.05) is 12.5 Å². The Bertz CT molecular complexity index is 836. The number of esters is 1. The predicted octanol–water partition coefficient (Wildman–Crippen LogP) is 3.14. The van der Waals surface area contributed by atoms with Gasteiger partial charge in [-0.05, 0) is 0 Å². The molecule has 8 nitrogen and oxygen atoms in total. The van der Waals surface area contributed by atoms with Crippen LogP contribution >= 0.6 is 0 Å². The third-order valence-corrected chi connectivity index (χ3v) is 6.22. The van der Waals surface area contributed by atoms with Crippen molar-refractivity contribution in [1.29, 1.82) is 0 Å². The Kier molecular flexibility index (Phi) is 10.9. The molecule has 33 heavy (non-hydrogen) atoms. The van der Waals surface area contributed by atoms with Crippen LogP contribution in [0, 0.1) is 0 Å². The first kappa shape index (κ1) is 33.5. The van der Waals surface area contributed by atoms with E-state index in [-0.39, 0.29) is 5.97 Å². The standard InChI is InChI=1S/C9H18NO2.C4F10NO4S2/c1-5-9(11)12-8-6-7-10(2,3)4;5-1(6,7)3(11,12)20(16,17)15-21(18,19)4(13,14)2(8,9)10/h5H,1,6-8H2,2-4H3;/q+1;-1. The fourth-order valence-corrected chi connectivity index (χ4v) is 3.65. The number of sulfonamides is 2. The number of carbonyl (C=O) groups is 1. The number of hydrogen-bond donors (Lipinski definition) is 0. The highest BCUT2D eigenvalue weighted by molar-refractivity contribution is 8.13. The van der Waals surface area contributed by atoms with Gasteiger partial charge < -0.3 is 13.3 Å². The highest BCUT2D eigenvalue weighted by Crippen LogP contribution is 2.47. The Labute approximate surface area is 181 Å². The summed E-state index contributed by atoms with van der Waals surface area (Å²) in [7, 11) is -8.92. The average molecular weight is 552 g/mol. The van der Waals surface area contributed by atoms with Crippen molar-refractivity contribution in [1.82, 2.24) is 0 Å². The number of ether oxygens (including phenoxy) is 1. The Balaban J connectivity index is 0. The maximum absolute atomic E-state index is 12.3. The first-order valence-corrected chi connectivity index (χ1v) is 10.8. The Morgan fingerprint density at radius 3 is 1.42 bits per heavy atom. The summed E-state index contributed by atoms with van der Waals surface area (Å²) in [5, 5.41) is -14.0. The van der Waals surface area contributed by atoms with Gasteiger partial charge in [0.25, 0.3) is 0 Å². The van der Waals surface area contributed by atoms with E-state index in [1.54, 1.807) is 0 Å². The van der Waals surface area contributed by atoms with E-state index in [9.17, 15) is 65.5 Å². The van der Waals surface area contributed by atoms with Crippen molar-refractivity contribution in [2.75, 3.05) is 34.3 Å². The Morgan fingerprint density at radius 2 is 1.18 bits per heavy atom. The highest BCUT2D eigenvalue weighted by Gasteiger charge is 2.68. The number of hydrogen-bond acceptors (Lipinski definition) is 6. The molecule has 198 valence electrons. The molecule has 0 amide bonds. The van der Waals surface area contributed by atoms with E-state index in [0.717, 1.165) is 17.4 Å². The van der Waals surface area contributed by atoms with Crippen LogP contribution in [0.25, 0.3) is 4.13 Å². The van der Waals surface area contributed by atoms with Crippen LogP contribution in [0.15, 0.2) is 12.7 Å². The minimum absolute atomic E-state index is 0.337. The SMILES string of the molecule is C=CC(=O)OCCC[N+](C)(C)C.O=S(=O)([N-]S(=O)(=O)C(F)(F)C(F)(F)F)C(F)(F)C(F)(F)F. The van der Waals surface area contributed by atoms with E-state index >= 15 is 0 Å². The molecule has 0 aromatic heterocycles. The summed E-state index contributed by atoms with van der Waals surface area (Å²) in [6, 6.07) is 0. The third-order valence-electron chi connectivity index (χ3n) is 2.89. The highest BCUT2D eigenvalue weighted by atomic mass is 32.3. The van der Waals surface area contributed by atoms with Crippen molar-refractivity contribution in [3.8, 4) is 0 Å². The number of rotatable bonds is 9. The molecule has 0 bridgehead atoms. The van der Waals surface area contributed by atoms with Crippen molar-refractivity contribution < 1.29 is 74.8 Å². The molecule has 0 aromatic rings. The predicted molar refractivity (Wildman–Crippen MR) is 91.9 cm³/mol. The zero-order valence-electron chi connectivity index (χ0n) is 16.8. The lowest BCUT2D eigenvalue weighted by Crippen LogP contribution is -2.48. The van der Waals surface area contributed by atoms with Crippen molar-refractivity contribution >= 4 is 26.0 Å². The Morgan fingerprint density at radius 1 is 0.848 bits per heavy atom. The fourth-order valence-electron chi connectivity index (χ4n) is 1.29. The number of nitrogens with zero attached hydrogens (tertiary/aromatic N) is 2. The van der Waals surface area contributed by atoms with E-state index in [2.05, 4.69) is 27.7 Å². The van der Waals surface area contributed by atoms with Crippen LogP contribution in [-0.4, -0.2) is 84.4 Å². The first-order valence-electron chi connectivity index (χ1n) is 7.88. The molecule has 0 heterocycles.